The molecule has 0 unspecified atom stereocenters. The highest BCUT2D eigenvalue weighted by atomic mass is 35.5. The third-order valence-corrected chi connectivity index (χ3v) is 7.75. The number of rotatable bonds is 7. The highest BCUT2D eigenvalue weighted by Gasteiger charge is 2.18. The fourth-order valence-corrected chi connectivity index (χ4v) is 6.23. The van der Waals surface area contributed by atoms with Gasteiger partial charge in [-0.3, -0.25) is 4.90 Å². The molecule has 150 valence electrons. The Labute approximate surface area is 177 Å². The Bertz CT molecular complexity index is 1030. The maximum absolute atomic E-state index is 12.6. The van der Waals surface area contributed by atoms with Crippen molar-refractivity contribution in [3.05, 3.63) is 65.0 Å². The second-order valence-electron chi connectivity index (χ2n) is 7.00. The second kappa shape index (κ2) is 9.37. The summed E-state index contributed by atoms with van der Waals surface area (Å²) in [6, 6.07) is 16.3. The number of thiophene rings is 1. The molecule has 0 fully saturated rings. The summed E-state index contributed by atoms with van der Waals surface area (Å²) in [6.45, 7) is 3.58. The van der Waals surface area contributed by atoms with Crippen LogP contribution in [0.3, 0.4) is 0 Å². The Morgan fingerprint density at radius 1 is 1.00 bits per heavy atom. The zero-order valence-electron chi connectivity index (χ0n) is 15.6. The lowest BCUT2D eigenvalue weighted by Gasteiger charge is -2.28. The monoisotopic (exact) mass is 436 g/mol. The summed E-state index contributed by atoms with van der Waals surface area (Å²) in [5.41, 5.74) is 2.89. The molecule has 0 atom stereocenters. The van der Waals surface area contributed by atoms with Gasteiger partial charge in [-0.15, -0.1) is 23.7 Å². The molecule has 0 bridgehead atoms. The molecule has 0 radical (unpaired) electrons. The van der Waals surface area contributed by atoms with Gasteiger partial charge in [0, 0.05) is 35.1 Å². The van der Waals surface area contributed by atoms with Crippen molar-refractivity contribution in [3.63, 3.8) is 0 Å². The summed E-state index contributed by atoms with van der Waals surface area (Å²) in [5, 5.41) is 2.54. The van der Waals surface area contributed by atoms with Gasteiger partial charge in [0.1, 0.15) is 4.90 Å². The molecule has 1 aromatic heterocycles. The topological polar surface area (TPSA) is 49.4 Å². The van der Waals surface area contributed by atoms with E-state index in [1.165, 1.54) is 22.5 Å². The molecule has 0 saturated heterocycles. The third kappa shape index (κ3) is 4.75. The van der Waals surface area contributed by atoms with Crippen molar-refractivity contribution in [2.75, 3.05) is 19.6 Å². The number of benzene rings is 2. The summed E-state index contributed by atoms with van der Waals surface area (Å²) in [6.07, 6.45) is 2.95. The summed E-state index contributed by atoms with van der Waals surface area (Å²) >= 11 is 1.47. The number of nitrogens with one attached hydrogen (secondary N) is 1. The fourth-order valence-electron chi connectivity index (χ4n) is 3.65. The smallest absolute Gasteiger partial charge is 0.242 e. The largest absolute Gasteiger partial charge is 0.299 e. The Kier molecular flexibility index (Phi) is 7.12. The van der Waals surface area contributed by atoms with Crippen molar-refractivity contribution in [1.29, 1.82) is 0 Å². The van der Waals surface area contributed by atoms with E-state index in [-0.39, 0.29) is 12.4 Å². The zero-order valence-corrected chi connectivity index (χ0v) is 18.1. The van der Waals surface area contributed by atoms with Crippen molar-refractivity contribution in [2.45, 2.75) is 30.7 Å². The van der Waals surface area contributed by atoms with Crippen molar-refractivity contribution in [2.24, 2.45) is 0 Å². The maximum Gasteiger partial charge on any atom is 0.242 e. The van der Waals surface area contributed by atoms with E-state index in [2.05, 4.69) is 33.9 Å². The first-order valence-electron chi connectivity index (χ1n) is 9.38. The van der Waals surface area contributed by atoms with Crippen LogP contribution >= 0.6 is 23.7 Å². The summed E-state index contributed by atoms with van der Waals surface area (Å²) in [5.74, 6) is 0. The van der Waals surface area contributed by atoms with Crippen LogP contribution in [0.5, 0.6) is 0 Å². The van der Waals surface area contributed by atoms with E-state index in [1.807, 2.05) is 24.3 Å². The number of sulfonamides is 1. The highest BCUT2D eigenvalue weighted by molar-refractivity contribution is 7.90. The highest BCUT2D eigenvalue weighted by Crippen LogP contribution is 2.29. The molecule has 7 heteroatoms. The minimum absolute atomic E-state index is 0. The number of hydrogen-bond acceptors (Lipinski definition) is 4. The van der Waals surface area contributed by atoms with Crippen molar-refractivity contribution in [1.82, 2.24) is 9.62 Å². The van der Waals surface area contributed by atoms with Crippen molar-refractivity contribution >= 4 is 43.9 Å². The minimum atomic E-state index is -3.44. The standard InChI is InChI=1S/C21H24N2O2S2.ClH/c24-27(25,21-16-26-20-10-4-3-9-19(20)21)22-12-5-6-13-23-14-11-17-7-1-2-8-18(17)15-23;/h1-4,7-10,16,22H,5-6,11-15H2;1H. The number of nitrogens with zero attached hydrogens (tertiary/aromatic N) is 1. The lowest BCUT2D eigenvalue weighted by Crippen LogP contribution is -2.32. The molecular weight excluding hydrogens is 412 g/mol. The lowest BCUT2D eigenvalue weighted by molar-refractivity contribution is 0.249. The van der Waals surface area contributed by atoms with E-state index in [0.717, 1.165) is 49.0 Å². The number of hydrogen-bond donors (Lipinski definition) is 1. The molecule has 28 heavy (non-hydrogen) atoms. The number of halogens is 1. The van der Waals surface area contributed by atoms with E-state index >= 15 is 0 Å². The van der Waals surface area contributed by atoms with Gasteiger partial charge >= 0.3 is 0 Å². The van der Waals surface area contributed by atoms with Gasteiger partial charge in [-0.1, -0.05) is 42.5 Å². The molecule has 0 saturated carbocycles. The Morgan fingerprint density at radius 2 is 1.75 bits per heavy atom. The Hall–Kier alpha value is -1.44. The lowest BCUT2D eigenvalue weighted by atomic mass is 10.00. The van der Waals surface area contributed by atoms with Gasteiger partial charge in [0.15, 0.2) is 0 Å². The van der Waals surface area contributed by atoms with Gasteiger partial charge in [-0.25, -0.2) is 13.1 Å². The molecule has 2 heterocycles. The normalized spacial score (nSPS) is 14.6. The molecule has 0 amide bonds. The van der Waals surface area contributed by atoms with E-state index < -0.39 is 10.0 Å². The first kappa shape index (κ1) is 21.3. The third-order valence-electron chi connectivity index (χ3n) is 5.14. The van der Waals surface area contributed by atoms with Crippen LogP contribution in [0.1, 0.15) is 24.0 Å². The second-order valence-corrected chi connectivity index (χ2v) is 9.64. The molecule has 1 aliphatic heterocycles. The van der Waals surface area contributed by atoms with Crippen molar-refractivity contribution < 1.29 is 8.42 Å². The number of fused-ring (bicyclic) bond motifs is 2. The average molecular weight is 437 g/mol. The van der Waals surface area contributed by atoms with Crippen LogP contribution in [-0.2, 0) is 23.0 Å². The van der Waals surface area contributed by atoms with Gasteiger partial charge in [0.2, 0.25) is 10.0 Å². The van der Waals surface area contributed by atoms with Gasteiger partial charge in [0.25, 0.3) is 0 Å². The van der Waals surface area contributed by atoms with Crippen LogP contribution in [0, 0.1) is 0 Å². The molecule has 1 aliphatic rings. The predicted octanol–water partition coefficient (Wildman–Crippen LogP) is 4.44. The van der Waals surface area contributed by atoms with Gasteiger partial charge in [0.05, 0.1) is 0 Å². The molecule has 4 nitrogen and oxygen atoms in total. The molecule has 4 rings (SSSR count). The van der Waals surface area contributed by atoms with Crippen LogP contribution in [0.15, 0.2) is 58.8 Å². The van der Waals surface area contributed by atoms with Crippen molar-refractivity contribution in [3.8, 4) is 0 Å². The van der Waals surface area contributed by atoms with Gasteiger partial charge in [-0.05, 0) is 43.0 Å². The molecule has 3 aromatic rings. The molecule has 0 spiro atoms. The predicted molar refractivity (Wildman–Crippen MR) is 119 cm³/mol. The van der Waals surface area contributed by atoms with Gasteiger partial charge < -0.3 is 0 Å². The van der Waals surface area contributed by atoms with Crippen LogP contribution in [0.4, 0.5) is 0 Å². The maximum atomic E-state index is 12.6. The molecule has 0 aliphatic carbocycles. The Balaban J connectivity index is 0.00000225. The molecule has 1 N–H and O–H groups in total. The fraction of sp³-hybridized carbons (Fsp3) is 0.333. The summed E-state index contributed by atoms with van der Waals surface area (Å²) in [4.78, 5) is 2.86. The SMILES string of the molecule is Cl.O=S(=O)(NCCCCN1CCc2ccccc2C1)c1csc2ccccc12. The first-order chi connectivity index (χ1) is 13.1. The zero-order chi connectivity index (χ0) is 18.7. The molecular formula is C21H25ClN2O2S2. The quantitative estimate of drug-likeness (QED) is 0.557. The van der Waals surface area contributed by atoms with Crippen LogP contribution in [-0.4, -0.2) is 33.0 Å². The number of unbranched alkanes of at least 4 members (excludes halogenated alkanes) is 1. The summed E-state index contributed by atoms with van der Waals surface area (Å²) < 4.78 is 29.0. The molecule has 2 aromatic carbocycles. The minimum Gasteiger partial charge on any atom is -0.299 e. The van der Waals surface area contributed by atoms with E-state index in [1.54, 1.807) is 5.38 Å². The van der Waals surface area contributed by atoms with E-state index in [0.29, 0.717) is 11.4 Å². The van der Waals surface area contributed by atoms with E-state index in [4.69, 9.17) is 0 Å². The Morgan fingerprint density at radius 3 is 2.61 bits per heavy atom. The van der Waals surface area contributed by atoms with Crippen LogP contribution in [0.25, 0.3) is 10.1 Å². The van der Waals surface area contributed by atoms with Crippen LogP contribution < -0.4 is 4.72 Å². The average Bonchev–Trinajstić information content (AvgIpc) is 3.13. The van der Waals surface area contributed by atoms with E-state index in [9.17, 15) is 8.42 Å². The summed E-state index contributed by atoms with van der Waals surface area (Å²) in [7, 11) is -3.44. The first-order valence-corrected chi connectivity index (χ1v) is 11.7. The van der Waals surface area contributed by atoms with Gasteiger partial charge in [-0.2, -0.15) is 0 Å². The van der Waals surface area contributed by atoms with Crippen LogP contribution in [0.2, 0.25) is 0 Å².